The lowest BCUT2D eigenvalue weighted by Crippen LogP contribution is -2.31. The molecule has 1 aromatic heterocycles. The van der Waals surface area contributed by atoms with Crippen LogP contribution in [-0.4, -0.2) is 28.8 Å². The van der Waals surface area contributed by atoms with E-state index in [0.717, 1.165) is 5.56 Å². The second-order valence-electron chi connectivity index (χ2n) is 4.51. The van der Waals surface area contributed by atoms with Crippen molar-refractivity contribution in [3.8, 4) is 0 Å². The Labute approximate surface area is 134 Å². The SMILES string of the molecule is CCN(Cc1cccc(Cl)c1)S(=O)(=O)c1ncn(C)c1Cl. The van der Waals surface area contributed by atoms with Crippen LogP contribution in [0.25, 0.3) is 0 Å². The first-order valence-electron chi connectivity index (χ1n) is 6.27. The highest BCUT2D eigenvalue weighted by Crippen LogP contribution is 2.24. The Hall–Kier alpha value is -1.08. The van der Waals surface area contributed by atoms with Gasteiger partial charge in [0.05, 0.1) is 6.33 Å². The maximum absolute atomic E-state index is 12.6. The summed E-state index contributed by atoms with van der Waals surface area (Å²) in [5.74, 6) is 0. The van der Waals surface area contributed by atoms with Gasteiger partial charge in [-0.15, -0.1) is 0 Å². The normalized spacial score (nSPS) is 12.0. The molecule has 21 heavy (non-hydrogen) atoms. The third-order valence-corrected chi connectivity index (χ3v) is 5.67. The van der Waals surface area contributed by atoms with E-state index in [2.05, 4.69) is 4.98 Å². The summed E-state index contributed by atoms with van der Waals surface area (Å²) in [6.07, 6.45) is 1.38. The Kier molecular flexibility index (Phi) is 4.93. The molecule has 2 rings (SSSR count). The third kappa shape index (κ3) is 3.40. The van der Waals surface area contributed by atoms with Gasteiger partial charge in [-0.25, -0.2) is 13.4 Å². The molecular formula is C13H15Cl2N3O2S. The van der Waals surface area contributed by atoms with Crippen molar-refractivity contribution in [2.75, 3.05) is 6.54 Å². The highest BCUT2D eigenvalue weighted by molar-refractivity contribution is 7.89. The van der Waals surface area contributed by atoms with Crippen molar-refractivity contribution in [2.24, 2.45) is 7.05 Å². The van der Waals surface area contributed by atoms with Crippen molar-refractivity contribution < 1.29 is 8.42 Å². The zero-order chi connectivity index (χ0) is 15.6. The largest absolute Gasteiger partial charge is 0.324 e. The van der Waals surface area contributed by atoms with Crippen molar-refractivity contribution in [1.82, 2.24) is 13.9 Å². The van der Waals surface area contributed by atoms with E-state index >= 15 is 0 Å². The van der Waals surface area contributed by atoms with E-state index in [9.17, 15) is 8.42 Å². The minimum absolute atomic E-state index is 0.0968. The van der Waals surface area contributed by atoms with E-state index in [1.807, 2.05) is 6.07 Å². The summed E-state index contributed by atoms with van der Waals surface area (Å²) in [4.78, 5) is 3.89. The maximum Gasteiger partial charge on any atom is 0.263 e. The first-order valence-corrected chi connectivity index (χ1v) is 8.47. The van der Waals surface area contributed by atoms with E-state index in [1.54, 1.807) is 32.2 Å². The van der Waals surface area contributed by atoms with Crippen LogP contribution in [0, 0.1) is 0 Å². The van der Waals surface area contributed by atoms with Crippen LogP contribution in [0.4, 0.5) is 0 Å². The lowest BCUT2D eigenvalue weighted by molar-refractivity contribution is 0.421. The number of hydrogen-bond donors (Lipinski definition) is 0. The summed E-state index contributed by atoms with van der Waals surface area (Å²) in [7, 11) is -2.11. The highest BCUT2D eigenvalue weighted by Gasteiger charge is 2.28. The molecule has 8 heteroatoms. The number of halogens is 2. The molecule has 0 atom stereocenters. The van der Waals surface area contributed by atoms with Gasteiger partial charge in [-0.1, -0.05) is 42.3 Å². The summed E-state index contributed by atoms with van der Waals surface area (Å²) in [6, 6.07) is 7.08. The molecule has 0 aliphatic carbocycles. The molecule has 0 amide bonds. The molecule has 0 unspecified atom stereocenters. The van der Waals surface area contributed by atoms with Gasteiger partial charge in [0, 0.05) is 25.2 Å². The van der Waals surface area contributed by atoms with Crippen LogP contribution < -0.4 is 0 Å². The predicted molar refractivity (Wildman–Crippen MR) is 82.9 cm³/mol. The minimum Gasteiger partial charge on any atom is -0.324 e. The van der Waals surface area contributed by atoms with Crippen LogP contribution in [0.2, 0.25) is 10.2 Å². The van der Waals surface area contributed by atoms with Crippen LogP contribution in [0.1, 0.15) is 12.5 Å². The fraction of sp³-hybridized carbons (Fsp3) is 0.308. The lowest BCUT2D eigenvalue weighted by Gasteiger charge is -2.19. The molecule has 0 aliphatic rings. The quantitative estimate of drug-likeness (QED) is 0.835. The first kappa shape index (κ1) is 16.3. The summed E-state index contributed by atoms with van der Waals surface area (Å²) in [5, 5.41) is 0.534. The lowest BCUT2D eigenvalue weighted by atomic mass is 10.2. The zero-order valence-electron chi connectivity index (χ0n) is 11.6. The van der Waals surface area contributed by atoms with Gasteiger partial charge in [-0.05, 0) is 17.7 Å². The summed E-state index contributed by atoms with van der Waals surface area (Å²) in [6.45, 7) is 2.28. The second kappa shape index (κ2) is 6.36. The number of hydrogen-bond acceptors (Lipinski definition) is 3. The molecule has 5 nitrogen and oxygen atoms in total. The van der Waals surface area contributed by atoms with Crippen molar-refractivity contribution in [3.63, 3.8) is 0 Å². The molecule has 114 valence electrons. The monoisotopic (exact) mass is 347 g/mol. The van der Waals surface area contributed by atoms with Crippen molar-refractivity contribution in [3.05, 3.63) is 46.3 Å². The van der Waals surface area contributed by atoms with Crippen molar-refractivity contribution >= 4 is 33.2 Å². The maximum atomic E-state index is 12.6. The molecule has 0 fully saturated rings. The van der Waals surface area contributed by atoms with E-state index in [1.165, 1.54) is 15.2 Å². The molecule has 0 bridgehead atoms. The Morgan fingerprint density at radius 3 is 2.57 bits per heavy atom. The number of aromatic nitrogens is 2. The third-order valence-electron chi connectivity index (χ3n) is 3.02. The van der Waals surface area contributed by atoms with Crippen LogP contribution in [0.15, 0.2) is 35.6 Å². The molecule has 1 heterocycles. The van der Waals surface area contributed by atoms with E-state index in [-0.39, 0.29) is 16.7 Å². The Bertz CT molecular complexity index is 744. The Morgan fingerprint density at radius 1 is 1.33 bits per heavy atom. The summed E-state index contributed by atoms with van der Waals surface area (Å²) >= 11 is 11.9. The van der Waals surface area contributed by atoms with E-state index in [4.69, 9.17) is 23.2 Å². The summed E-state index contributed by atoms with van der Waals surface area (Å²) in [5.41, 5.74) is 0.806. The standard InChI is InChI=1S/C13H15Cl2N3O2S/c1-3-18(8-10-5-4-6-11(14)7-10)21(19,20)13-12(15)17(2)9-16-13/h4-7,9H,3,8H2,1-2H3. The molecule has 2 aromatic rings. The van der Waals surface area contributed by atoms with Gasteiger partial charge in [0.1, 0.15) is 5.15 Å². The van der Waals surface area contributed by atoms with Crippen molar-refractivity contribution in [1.29, 1.82) is 0 Å². The van der Waals surface area contributed by atoms with Gasteiger partial charge in [0.15, 0.2) is 0 Å². The molecule has 0 aliphatic heterocycles. The highest BCUT2D eigenvalue weighted by atomic mass is 35.5. The van der Waals surface area contributed by atoms with Crippen molar-refractivity contribution in [2.45, 2.75) is 18.5 Å². The van der Waals surface area contributed by atoms with E-state index in [0.29, 0.717) is 11.6 Å². The minimum atomic E-state index is -3.75. The fourth-order valence-electron chi connectivity index (χ4n) is 1.89. The van der Waals surface area contributed by atoms with Crippen LogP contribution >= 0.6 is 23.2 Å². The van der Waals surface area contributed by atoms with Gasteiger partial charge < -0.3 is 4.57 Å². The van der Waals surface area contributed by atoms with Gasteiger partial charge >= 0.3 is 0 Å². The van der Waals surface area contributed by atoms with Crippen LogP contribution in [0.5, 0.6) is 0 Å². The molecule has 0 radical (unpaired) electrons. The molecule has 1 aromatic carbocycles. The topological polar surface area (TPSA) is 55.2 Å². The Morgan fingerprint density at radius 2 is 2.05 bits per heavy atom. The molecule has 0 spiro atoms. The second-order valence-corrected chi connectivity index (χ2v) is 7.16. The smallest absolute Gasteiger partial charge is 0.263 e. The first-order chi connectivity index (χ1) is 9.86. The van der Waals surface area contributed by atoms with Crippen LogP contribution in [0.3, 0.4) is 0 Å². The van der Waals surface area contributed by atoms with Gasteiger partial charge in [0.2, 0.25) is 5.03 Å². The average molecular weight is 348 g/mol. The number of rotatable bonds is 5. The van der Waals surface area contributed by atoms with Gasteiger partial charge in [-0.2, -0.15) is 4.31 Å². The molecule has 0 saturated carbocycles. The fourth-order valence-corrected chi connectivity index (χ4v) is 3.93. The average Bonchev–Trinajstić information content (AvgIpc) is 2.77. The molecule has 0 saturated heterocycles. The zero-order valence-corrected chi connectivity index (χ0v) is 14.0. The van der Waals surface area contributed by atoms with Gasteiger partial charge in [-0.3, -0.25) is 0 Å². The van der Waals surface area contributed by atoms with E-state index < -0.39 is 10.0 Å². The number of imidazole rings is 1. The molecule has 0 N–H and O–H groups in total. The number of sulfonamides is 1. The number of benzene rings is 1. The van der Waals surface area contributed by atoms with Gasteiger partial charge in [0.25, 0.3) is 10.0 Å². The predicted octanol–water partition coefficient (Wildman–Crippen LogP) is 2.94. The number of aryl methyl sites for hydroxylation is 1. The molecular weight excluding hydrogens is 333 g/mol. The number of nitrogens with zero attached hydrogens (tertiary/aromatic N) is 3. The summed E-state index contributed by atoms with van der Waals surface area (Å²) < 4.78 is 28.0. The Balaban J connectivity index is 2.34. The van der Waals surface area contributed by atoms with Crippen LogP contribution in [-0.2, 0) is 23.6 Å².